The zero-order valence-electron chi connectivity index (χ0n) is 12.6. The summed E-state index contributed by atoms with van der Waals surface area (Å²) in [5.74, 6) is 0. The summed E-state index contributed by atoms with van der Waals surface area (Å²) in [4.78, 5) is 0. The summed E-state index contributed by atoms with van der Waals surface area (Å²) in [5.41, 5.74) is 0.668. The molecule has 0 amide bonds. The van der Waals surface area contributed by atoms with Gasteiger partial charge in [0.2, 0.25) is 0 Å². The van der Waals surface area contributed by atoms with Gasteiger partial charge < -0.3 is 5.11 Å². The highest BCUT2D eigenvalue weighted by Crippen LogP contribution is 2.29. The lowest BCUT2D eigenvalue weighted by atomic mass is 10.2. The number of hydrogen-bond donors (Lipinski definition) is 1. The van der Waals surface area contributed by atoms with Crippen molar-refractivity contribution >= 4 is 13.3 Å². The Bertz CT molecular complexity index is 370. The Hall–Kier alpha value is -0.863. The van der Waals surface area contributed by atoms with Gasteiger partial charge in [0.1, 0.15) is 0 Å². The number of hydrogen-bond acceptors (Lipinski definition) is 1. The number of rotatable bonds is 8. The Balaban J connectivity index is 2.87. The van der Waals surface area contributed by atoms with Crippen molar-refractivity contribution in [3.63, 3.8) is 0 Å². The molecule has 1 unspecified atom stereocenters. The Labute approximate surface area is 119 Å². The molecule has 0 aliphatic heterocycles. The van der Waals surface area contributed by atoms with Crippen LogP contribution >= 0.6 is 0 Å². The fourth-order valence-electron chi connectivity index (χ4n) is 2.54. The summed E-state index contributed by atoms with van der Waals surface area (Å²) in [6.45, 7) is 7.44. The number of benzene rings is 1. The van der Waals surface area contributed by atoms with E-state index in [2.05, 4.69) is 62.5 Å². The molecule has 0 aliphatic carbocycles. The molecule has 1 aromatic rings. The topological polar surface area (TPSA) is 20.2 Å². The molecule has 0 fully saturated rings. The first-order chi connectivity index (χ1) is 9.12. The van der Waals surface area contributed by atoms with E-state index in [-0.39, 0.29) is 6.61 Å². The normalized spacial score (nSPS) is 13.9. The fourth-order valence-corrected chi connectivity index (χ4v) is 5.56. The number of aliphatic hydroxyl groups excluding tert-OH is 1. The van der Waals surface area contributed by atoms with E-state index >= 15 is 0 Å². The number of aliphatic hydroxyl groups is 1. The summed E-state index contributed by atoms with van der Waals surface area (Å²) in [6, 6.07) is 11.0. The second-order valence-corrected chi connectivity index (χ2v) is 10.5. The predicted molar refractivity (Wildman–Crippen MR) is 87.7 cm³/mol. The maximum absolute atomic E-state index is 8.94. The van der Waals surface area contributed by atoms with Crippen LogP contribution in [0.4, 0.5) is 0 Å². The van der Waals surface area contributed by atoms with Crippen molar-refractivity contribution < 1.29 is 5.11 Å². The second kappa shape index (κ2) is 8.34. The van der Waals surface area contributed by atoms with E-state index in [1.54, 1.807) is 0 Å². The second-order valence-electron chi connectivity index (χ2n) is 5.78. The third kappa shape index (κ3) is 4.96. The van der Waals surface area contributed by atoms with Gasteiger partial charge >= 0.3 is 0 Å². The van der Waals surface area contributed by atoms with Crippen molar-refractivity contribution in [2.24, 2.45) is 0 Å². The average Bonchev–Trinajstić information content (AvgIpc) is 2.43. The first kappa shape index (κ1) is 16.2. The molecule has 0 aromatic heterocycles. The number of allylic oxidation sites excluding steroid dienone is 1. The Morgan fingerprint density at radius 1 is 1.21 bits per heavy atom. The van der Waals surface area contributed by atoms with E-state index in [4.69, 9.17) is 5.11 Å². The van der Waals surface area contributed by atoms with Crippen LogP contribution in [0.25, 0.3) is 0 Å². The van der Waals surface area contributed by atoms with Crippen LogP contribution in [0.3, 0.4) is 0 Å². The molecule has 0 aliphatic rings. The molecule has 0 saturated heterocycles. The van der Waals surface area contributed by atoms with Gasteiger partial charge in [-0.25, -0.2) is 0 Å². The minimum atomic E-state index is -1.46. The monoisotopic (exact) mass is 276 g/mol. The van der Waals surface area contributed by atoms with E-state index in [9.17, 15) is 0 Å². The standard InChI is InChI=1S/C17H28OSi/c1-4-5-11-16(14-9-10-15-18)19(2,3)17-12-7-6-8-13-17/h6-9,12-14,16,18H,4-5,10-11,15H2,1-3H3/b14-9+. The van der Waals surface area contributed by atoms with E-state index in [0.717, 1.165) is 6.42 Å². The molecule has 19 heavy (non-hydrogen) atoms. The van der Waals surface area contributed by atoms with E-state index in [0.29, 0.717) is 5.54 Å². The van der Waals surface area contributed by atoms with Crippen molar-refractivity contribution in [2.45, 2.75) is 51.2 Å². The van der Waals surface area contributed by atoms with Crippen molar-refractivity contribution in [2.75, 3.05) is 6.61 Å². The zero-order chi connectivity index (χ0) is 14.1. The van der Waals surface area contributed by atoms with Gasteiger partial charge in [-0.1, -0.05) is 80.5 Å². The average molecular weight is 276 g/mol. The summed E-state index contributed by atoms with van der Waals surface area (Å²) >= 11 is 0. The van der Waals surface area contributed by atoms with E-state index < -0.39 is 8.07 Å². The molecule has 0 saturated carbocycles. The van der Waals surface area contributed by atoms with Gasteiger partial charge in [-0.15, -0.1) is 0 Å². The van der Waals surface area contributed by atoms with Gasteiger partial charge in [0.25, 0.3) is 0 Å². The van der Waals surface area contributed by atoms with Crippen LogP contribution in [0.15, 0.2) is 42.5 Å². The van der Waals surface area contributed by atoms with E-state index in [1.165, 1.54) is 24.4 Å². The minimum Gasteiger partial charge on any atom is -0.396 e. The molecule has 0 bridgehead atoms. The van der Waals surface area contributed by atoms with Crippen LogP contribution in [-0.4, -0.2) is 19.8 Å². The molecule has 0 heterocycles. The van der Waals surface area contributed by atoms with Crippen molar-refractivity contribution in [3.8, 4) is 0 Å². The maximum atomic E-state index is 8.94. The van der Waals surface area contributed by atoms with Gasteiger partial charge in [0.15, 0.2) is 0 Å². The van der Waals surface area contributed by atoms with Crippen LogP contribution in [-0.2, 0) is 0 Å². The quantitative estimate of drug-likeness (QED) is 0.560. The molecule has 2 heteroatoms. The van der Waals surface area contributed by atoms with Crippen LogP contribution < -0.4 is 5.19 Å². The lowest BCUT2D eigenvalue weighted by Gasteiger charge is -2.31. The molecule has 1 atom stereocenters. The Morgan fingerprint density at radius 3 is 2.47 bits per heavy atom. The first-order valence-electron chi connectivity index (χ1n) is 7.46. The molecule has 1 aromatic carbocycles. The molecule has 0 spiro atoms. The van der Waals surface area contributed by atoms with Gasteiger partial charge in [-0.05, 0) is 18.4 Å². The Kier molecular flexibility index (Phi) is 7.10. The minimum absolute atomic E-state index is 0.254. The summed E-state index contributed by atoms with van der Waals surface area (Å²) in [7, 11) is -1.46. The largest absolute Gasteiger partial charge is 0.396 e. The predicted octanol–water partition coefficient (Wildman–Crippen LogP) is 4.10. The van der Waals surface area contributed by atoms with Gasteiger partial charge in [0, 0.05) is 6.61 Å². The first-order valence-corrected chi connectivity index (χ1v) is 10.5. The smallest absolute Gasteiger partial charge is 0.0873 e. The van der Waals surface area contributed by atoms with Crippen molar-refractivity contribution in [1.29, 1.82) is 0 Å². The highest BCUT2D eigenvalue weighted by molar-refractivity contribution is 6.91. The zero-order valence-corrected chi connectivity index (χ0v) is 13.6. The Morgan fingerprint density at radius 2 is 1.89 bits per heavy atom. The van der Waals surface area contributed by atoms with E-state index in [1.807, 2.05) is 0 Å². The molecule has 1 N–H and O–H groups in total. The summed E-state index contributed by atoms with van der Waals surface area (Å²) < 4.78 is 0. The van der Waals surface area contributed by atoms with Crippen LogP contribution in [0.5, 0.6) is 0 Å². The summed E-state index contributed by atoms with van der Waals surface area (Å²) in [5, 5.41) is 10.5. The van der Waals surface area contributed by atoms with Gasteiger partial charge in [0.05, 0.1) is 8.07 Å². The molecular formula is C17H28OSi. The van der Waals surface area contributed by atoms with Crippen molar-refractivity contribution in [3.05, 3.63) is 42.5 Å². The highest BCUT2D eigenvalue weighted by Gasteiger charge is 2.31. The summed E-state index contributed by atoms with van der Waals surface area (Å²) in [6.07, 6.45) is 9.12. The third-order valence-corrected chi connectivity index (χ3v) is 8.13. The van der Waals surface area contributed by atoms with Gasteiger partial charge in [-0.3, -0.25) is 0 Å². The van der Waals surface area contributed by atoms with Crippen LogP contribution in [0.1, 0.15) is 32.6 Å². The molecule has 1 nitrogen and oxygen atoms in total. The lowest BCUT2D eigenvalue weighted by Crippen LogP contribution is -2.45. The fraction of sp³-hybridized carbons (Fsp3) is 0.529. The number of unbranched alkanes of at least 4 members (excludes halogenated alkanes) is 1. The van der Waals surface area contributed by atoms with Crippen LogP contribution in [0.2, 0.25) is 18.6 Å². The molecular weight excluding hydrogens is 248 g/mol. The molecule has 1 rings (SSSR count). The highest BCUT2D eigenvalue weighted by atomic mass is 28.3. The van der Waals surface area contributed by atoms with Crippen LogP contribution in [0, 0.1) is 0 Å². The maximum Gasteiger partial charge on any atom is 0.0873 e. The van der Waals surface area contributed by atoms with Gasteiger partial charge in [-0.2, -0.15) is 0 Å². The molecule has 106 valence electrons. The third-order valence-electron chi connectivity index (χ3n) is 3.98. The SMILES string of the molecule is CCCCC(/C=C/CCO)[Si](C)(C)c1ccccc1. The molecule has 0 radical (unpaired) electrons. The van der Waals surface area contributed by atoms with Crippen molar-refractivity contribution in [1.82, 2.24) is 0 Å². The lowest BCUT2D eigenvalue weighted by molar-refractivity contribution is 0.302.